The van der Waals surface area contributed by atoms with Gasteiger partial charge in [0.25, 0.3) is 5.91 Å². The topological polar surface area (TPSA) is 81.6 Å². The van der Waals surface area contributed by atoms with E-state index in [2.05, 4.69) is 10.1 Å². The Morgan fingerprint density at radius 3 is 2.69 bits per heavy atom. The molecule has 7 heteroatoms. The minimum absolute atomic E-state index is 0.00709. The average Bonchev–Trinajstić information content (AvgIpc) is 2.99. The zero-order valence-corrected chi connectivity index (χ0v) is 15.5. The van der Waals surface area contributed by atoms with Crippen LogP contribution in [0.25, 0.3) is 0 Å². The fourth-order valence-electron chi connectivity index (χ4n) is 3.63. The van der Waals surface area contributed by atoms with E-state index in [0.29, 0.717) is 42.7 Å². The van der Waals surface area contributed by atoms with Crippen molar-refractivity contribution in [2.24, 2.45) is 11.8 Å². The molecule has 3 heterocycles. The molecule has 2 atom stereocenters. The number of ether oxygens (including phenoxy) is 1. The molecule has 1 aliphatic heterocycles. The van der Waals surface area contributed by atoms with Gasteiger partial charge in [-0.25, -0.2) is 0 Å². The van der Waals surface area contributed by atoms with Crippen molar-refractivity contribution in [1.29, 1.82) is 0 Å². The lowest BCUT2D eigenvalue weighted by Gasteiger charge is -2.16. The monoisotopic (exact) mass is 359 g/mol. The van der Waals surface area contributed by atoms with Crippen molar-refractivity contribution < 1.29 is 18.5 Å². The number of likely N-dealkylation sites (tertiary alicyclic amines) is 1. The molecule has 2 aromatic heterocycles. The van der Waals surface area contributed by atoms with Gasteiger partial charge in [0.2, 0.25) is 5.89 Å². The number of aromatic nitrogens is 2. The first kappa shape index (κ1) is 17.3. The van der Waals surface area contributed by atoms with Crippen molar-refractivity contribution in [3.05, 3.63) is 34.9 Å². The summed E-state index contributed by atoms with van der Waals surface area (Å²) in [5.41, 5.74) is 0.627. The van der Waals surface area contributed by atoms with Crippen LogP contribution in [0, 0.1) is 32.6 Å². The van der Waals surface area contributed by atoms with Gasteiger partial charge in [-0.1, -0.05) is 5.16 Å². The van der Waals surface area contributed by atoms with Gasteiger partial charge in [-0.3, -0.25) is 4.79 Å². The Kier molecular flexibility index (Phi) is 4.56. The first-order valence-corrected chi connectivity index (χ1v) is 9.25. The fourth-order valence-corrected chi connectivity index (χ4v) is 3.63. The molecule has 140 valence electrons. The number of nitrogens with zero attached hydrogens (tertiary/aromatic N) is 3. The van der Waals surface area contributed by atoms with E-state index in [1.165, 1.54) is 12.8 Å². The van der Waals surface area contributed by atoms with Crippen LogP contribution in [-0.4, -0.2) is 47.3 Å². The van der Waals surface area contributed by atoms with Crippen molar-refractivity contribution in [3.8, 4) is 0 Å². The first-order chi connectivity index (χ1) is 12.5. The normalized spacial score (nSPS) is 23.0. The number of carbonyl (C=O) groups excluding carboxylic acids is 1. The van der Waals surface area contributed by atoms with Crippen molar-refractivity contribution in [1.82, 2.24) is 15.0 Å². The van der Waals surface area contributed by atoms with Gasteiger partial charge in [-0.2, -0.15) is 4.98 Å². The number of rotatable bonds is 6. The highest BCUT2D eigenvalue weighted by atomic mass is 16.5. The summed E-state index contributed by atoms with van der Waals surface area (Å²) in [6, 6.07) is 1.81. The Bertz CT molecular complexity index is 793. The highest BCUT2D eigenvalue weighted by molar-refractivity contribution is 5.95. The summed E-state index contributed by atoms with van der Waals surface area (Å²) < 4.78 is 16.8. The number of aryl methyl sites for hydroxylation is 3. The average molecular weight is 359 g/mol. The van der Waals surface area contributed by atoms with Crippen LogP contribution in [-0.2, 0) is 4.74 Å². The van der Waals surface area contributed by atoms with E-state index in [4.69, 9.17) is 13.7 Å². The maximum Gasteiger partial charge on any atom is 0.257 e. The largest absolute Gasteiger partial charge is 0.466 e. The van der Waals surface area contributed by atoms with Gasteiger partial charge in [0, 0.05) is 25.6 Å². The van der Waals surface area contributed by atoms with Crippen molar-refractivity contribution in [3.63, 3.8) is 0 Å². The molecule has 1 saturated carbocycles. The van der Waals surface area contributed by atoms with Crippen molar-refractivity contribution >= 4 is 5.91 Å². The number of amides is 1. The van der Waals surface area contributed by atoms with E-state index in [9.17, 15) is 4.79 Å². The van der Waals surface area contributed by atoms with Gasteiger partial charge in [0.15, 0.2) is 5.82 Å². The van der Waals surface area contributed by atoms with E-state index in [-0.39, 0.29) is 17.7 Å². The van der Waals surface area contributed by atoms with E-state index in [1.807, 2.05) is 18.7 Å². The molecular weight excluding hydrogens is 334 g/mol. The van der Waals surface area contributed by atoms with Gasteiger partial charge in [-0.05, 0) is 45.6 Å². The van der Waals surface area contributed by atoms with Gasteiger partial charge in [-0.15, -0.1) is 0 Å². The second-order valence-electron chi connectivity index (χ2n) is 7.56. The lowest BCUT2D eigenvalue weighted by atomic mass is 9.97. The SMILES string of the molecule is Cc1noc([C@@H]2CN(C(=O)c3cc(C)oc3C)C[C@H]2COCC2CC2)n1. The standard InChI is InChI=1S/C19H25N3O4/c1-11-6-16(12(2)25-11)19(23)22-7-15(10-24-9-14-4-5-14)17(8-22)18-20-13(3)21-26-18/h6,14-15,17H,4-5,7-10H2,1-3H3/t15-,17+/m0/s1. The summed E-state index contributed by atoms with van der Waals surface area (Å²) in [4.78, 5) is 19.2. The van der Waals surface area contributed by atoms with Crippen LogP contribution in [0.1, 0.15) is 52.4 Å². The molecule has 4 rings (SSSR count). The first-order valence-electron chi connectivity index (χ1n) is 9.25. The second kappa shape index (κ2) is 6.87. The van der Waals surface area contributed by atoms with Crippen LogP contribution in [0.5, 0.6) is 0 Å². The third-order valence-electron chi connectivity index (χ3n) is 5.24. The highest BCUT2D eigenvalue weighted by Crippen LogP contribution is 2.34. The molecule has 1 aliphatic carbocycles. The molecule has 26 heavy (non-hydrogen) atoms. The molecule has 1 saturated heterocycles. The minimum Gasteiger partial charge on any atom is -0.466 e. The van der Waals surface area contributed by atoms with Crippen LogP contribution in [0.4, 0.5) is 0 Å². The van der Waals surface area contributed by atoms with Crippen molar-refractivity contribution in [2.75, 3.05) is 26.3 Å². The molecule has 0 aromatic carbocycles. The maximum absolute atomic E-state index is 13.0. The van der Waals surface area contributed by atoms with Crippen LogP contribution < -0.4 is 0 Å². The lowest BCUT2D eigenvalue weighted by molar-refractivity contribution is 0.0735. The summed E-state index contributed by atoms with van der Waals surface area (Å²) in [6.45, 7) is 8.08. The quantitative estimate of drug-likeness (QED) is 0.789. The molecule has 2 aromatic rings. The molecule has 1 amide bonds. The maximum atomic E-state index is 13.0. The fraction of sp³-hybridized carbons (Fsp3) is 0.632. The number of hydrogen-bond acceptors (Lipinski definition) is 6. The highest BCUT2D eigenvalue weighted by Gasteiger charge is 2.40. The van der Waals surface area contributed by atoms with Crippen LogP contribution in [0.3, 0.4) is 0 Å². The Balaban J connectivity index is 1.49. The summed E-state index contributed by atoms with van der Waals surface area (Å²) in [7, 11) is 0. The summed E-state index contributed by atoms with van der Waals surface area (Å²) in [5, 5.41) is 3.91. The minimum atomic E-state index is -0.00900. The van der Waals surface area contributed by atoms with Crippen LogP contribution >= 0.6 is 0 Å². The molecule has 0 radical (unpaired) electrons. The Labute approximate surface area is 152 Å². The molecule has 0 N–H and O–H groups in total. The molecule has 0 spiro atoms. The van der Waals surface area contributed by atoms with E-state index in [1.54, 1.807) is 13.0 Å². The van der Waals surface area contributed by atoms with Gasteiger partial charge in [0.05, 0.1) is 18.1 Å². The molecular formula is C19H25N3O4. The summed E-state index contributed by atoms with van der Waals surface area (Å²) in [5.74, 6) is 3.49. The molecule has 2 aliphatic rings. The van der Waals surface area contributed by atoms with Crippen molar-refractivity contribution in [2.45, 2.75) is 39.5 Å². The zero-order valence-electron chi connectivity index (χ0n) is 15.5. The number of furan rings is 1. The summed E-state index contributed by atoms with van der Waals surface area (Å²) in [6.07, 6.45) is 2.53. The Morgan fingerprint density at radius 1 is 1.27 bits per heavy atom. The third-order valence-corrected chi connectivity index (χ3v) is 5.24. The number of hydrogen-bond donors (Lipinski definition) is 0. The zero-order chi connectivity index (χ0) is 18.3. The lowest BCUT2D eigenvalue weighted by Crippen LogP contribution is -2.29. The predicted octanol–water partition coefficient (Wildman–Crippen LogP) is 2.87. The van der Waals surface area contributed by atoms with Gasteiger partial charge < -0.3 is 18.6 Å². The molecule has 7 nitrogen and oxygen atoms in total. The van der Waals surface area contributed by atoms with Crippen LogP contribution in [0.15, 0.2) is 15.0 Å². The van der Waals surface area contributed by atoms with Crippen LogP contribution in [0.2, 0.25) is 0 Å². The van der Waals surface area contributed by atoms with Gasteiger partial charge >= 0.3 is 0 Å². The molecule has 0 bridgehead atoms. The Hall–Kier alpha value is -2.15. The second-order valence-corrected chi connectivity index (χ2v) is 7.56. The van der Waals surface area contributed by atoms with E-state index >= 15 is 0 Å². The summed E-state index contributed by atoms with van der Waals surface area (Å²) >= 11 is 0. The Morgan fingerprint density at radius 2 is 2.08 bits per heavy atom. The van der Waals surface area contributed by atoms with E-state index in [0.717, 1.165) is 18.3 Å². The molecule has 0 unspecified atom stereocenters. The van der Waals surface area contributed by atoms with E-state index < -0.39 is 0 Å². The predicted molar refractivity (Wildman–Crippen MR) is 92.9 cm³/mol. The smallest absolute Gasteiger partial charge is 0.257 e. The molecule has 2 fully saturated rings. The third kappa shape index (κ3) is 3.53. The number of carbonyl (C=O) groups is 1. The van der Waals surface area contributed by atoms with Gasteiger partial charge in [0.1, 0.15) is 11.5 Å².